The third-order valence-electron chi connectivity index (χ3n) is 3.57. The van der Waals surface area contributed by atoms with Gasteiger partial charge in [-0.3, -0.25) is 0 Å². The molecule has 0 spiro atoms. The maximum Gasteiger partial charge on any atom is 0.244 e. The molecule has 7 heteroatoms. The summed E-state index contributed by atoms with van der Waals surface area (Å²) in [5, 5.41) is 1.79. The van der Waals surface area contributed by atoms with Gasteiger partial charge in [0.1, 0.15) is 0 Å². The van der Waals surface area contributed by atoms with E-state index in [2.05, 4.69) is 18.7 Å². The molecule has 1 aromatic heterocycles. The Bertz CT molecular complexity index is 513. The lowest BCUT2D eigenvalue weighted by atomic mass is 10.3. The van der Waals surface area contributed by atoms with Gasteiger partial charge in [-0.1, -0.05) is 20.8 Å². The summed E-state index contributed by atoms with van der Waals surface area (Å²) in [4.78, 5) is 3.39. The zero-order valence-electron chi connectivity index (χ0n) is 13.0. The van der Waals surface area contributed by atoms with Gasteiger partial charge in [-0.2, -0.15) is 4.31 Å². The van der Waals surface area contributed by atoms with Gasteiger partial charge in [0.2, 0.25) is 10.0 Å². The SMILES string of the molecule is CCN(CC)CCCN(CC)S(=O)(=O)c1ccsc1CCl. The lowest BCUT2D eigenvalue weighted by Gasteiger charge is -2.23. The van der Waals surface area contributed by atoms with Crippen molar-refractivity contribution in [3.05, 3.63) is 16.3 Å². The van der Waals surface area contributed by atoms with Crippen molar-refractivity contribution in [3.8, 4) is 0 Å². The van der Waals surface area contributed by atoms with Gasteiger partial charge >= 0.3 is 0 Å². The van der Waals surface area contributed by atoms with Crippen LogP contribution in [0.25, 0.3) is 0 Å². The van der Waals surface area contributed by atoms with Crippen LogP contribution in [-0.2, 0) is 15.9 Å². The van der Waals surface area contributed by atoms with Gasteiger partial charge in [0.15, 0.2) is 0 Å². The Morgan fingerprint density at radius 2 is 1.81 bits per heavy atom. The van der Waals surface area contributed by atoms with Crippen molar-refractivity contribution < 1.29 is 8.42 Å². The predicted molar refractivity (Wildman–Crippen MR) is 90.7 cm³/mol. The lowest BCUT2D eigenvalue weighted by Crippen LogP contribution is -2.34. The fraction of sp³-hybridized carbons (Fsp3) is 0.714. The first-order valence-corrected chi connectivity index (χ1v) is 10.2. The molecular formula is C14H25ClN2O2S2. The summed E-state index contributed by atoms with van der Waals surface area (Å²) in [5.41, 5.74) is 0. The summed E-state index contributed by atoms with van der Waals surface area (Å²) in [5.74, 6) is 0.239. The summed E-state index contributed by atoms with van der Waals surface area (Å²) in [6.07, 6.45) is 0.842. The fourth-order valence-electron chi connectivity index (χ4n) is 2.25. The molecule has 0 aliphatic carbocycles. The molecule has 1 rings (SSSR count). The number of sulfonamides is 1. The molecule has 0 fully saturated rings. The molecule has 1 heterocycles. The number of hydrogen-bond donors (Lipinski definition) is 0. The van der Waals surface area contributed by atoms with Crippen molar-refractivity contribution in [3.63, 3.8) is 0 Å². The van der Waals surface area contributed by atoms with E-state index in [0.717, 1.165) is 30.9 Å². The van der Waals surface area contributed by atoms with Crippen LogP contribution in [0.4, 0.5) is 0 Å². The van der Waals surface area contributed by atoms with Gasteiger partial charge in [0.25, 0.3) is 0 Å². The average molecular weight is 353 g/mol. The van der Waals surface area contributed by atoms with E-state index in [-0.39, 0.29) is 5.88 Å². The minimum absolute atomic E-state index is 0.239. The molecule has 0 unspecified atom stereocenters. The molecule has 4 nitrogen and oxygen atoms in total. The third-order valence-corrected chi connectivity index (χ3v) is 7.11. The van der Waals surface area contributed by atoms with Gasteiger partial charge in [-0.15, -0.1) is 22.9 Å². The summed E-state index contributed by atoms with van der Waals surface area (Å²) < 4.78 is 26.9. The largest absolute Gasteiger partial charge is 0.304 e. The highest BCUT2D eigenvalue weighted by Gasteiger charge is 2.26. The third kappa shape index (κ3) is 4.93. The molecule has 0 N–H and O–H groups in total. The zero-order chi connectivity index (χ0) is 15.9. The Balaban J connectivity index is 2.75. The molecule has 0 bridgehead atoms. The van der Waals surface area contributed by atoms with Crippen LogP contribution in [0.2, 0.25) is 0 Å². The lowest BCUT2D eigenvalue weighted by molar-refractivity contribution is 0.285. The number of hydrogen-bond acceptors (Lipinski definition) is 4. The van der Waals surface area contributed by atoms with Crippen LogP contribution >= 0.6 is 22.9 Å². The molecule has 0 aromatic carbocycles. The first kappa shape index (κ1) is 18.9. The van der Waals surface area contributed by atoms with E-state index >= 15 is 0 Å². The van der Waals surface area contributed by atoms with Gasteiger partial charge in [0.05, 0.1) is 10.8 Å². The van der Waals surface area contributed by atoms with Crippen LogP contribution in [0.5, 0.6) is 0 Å². The molecule has 0 saturated heterocycles. The molecule has 0 saturated carbocycles. The second-order valence-electron chi connectivity index (χ2n) is 4.72. The summed E-state index contributed by atoms with van der Waals surface area (Å²) in [6, 6.07) is 1.66. The summed E-state index contributed by atoms with van der Waals surface area (Å²) in [6.45, 7) is 10.1. The highest BCUT2D eigenvalue weighted by Crippen LogP contribution is 2.26. The standard InChI is InChI=1S/C14H25ClN2O2S2/c1-4-16(5-2)9-7-10-17(6-3)21(18,19)14-8-11-20-13(14)12-15/h8,11H,4-7,9-10,12H2,1-3H3. The molecule has 0 atom stereocenters. The van der Waals surface area contributed by atoms with E-state index in [1.54, 1.807) is 15.8 Å². The van der Waals surface area contributed by atoms with Crippen LogP contribution in [-0.4, -0.2) is 50.3 Å². The van der Waals surface area contributed by atoms with E-state index in [0.29, 0.717) is 18.0 Å². The molecule has 0 amide bonds. The van der Waals surface area contributed by atoms with Crippen molar-refractivity contribution in [2.45, 2.75) is 38.0 Å². The van der Waals surface area contributed by atoms with Gasteiger partial charge in [-0.05, 0) is 37.5 Å². The highest BCUT2D eigenvalue weighted by molar-refractivity contribution is 7.89. The summed E-state index contributed by atoms with van der Waals surface area (Å²) in [7, 11) is -3.42. The Hall–Kier alpha value is -0.140. The van der Waals surface area contributed by atoms with Crippen LogP contribution < -0.4 is 0 Å². The van der Waals surface area contributed by atoms with Crippen molar-refractivity contribution >= 4 is 33.0 Å². The smallest absolute Gasteiger partial charge is 0.244 e. The zero-order valence-corrected chi connectivity index (χ0v) is 15.4. The minimum Gasteiger partial charge on any atom is -0.304 e. The van der Waals surface area contributed by atoms with Crippen molar-refractivity contribution in [2.75, 3.05) is 32.7 Å². The quantitative estimate of drug-likeness (QED) is 0.607. The first-order chi connectivity index (χ1) is 10.0. The number of thiophene rings is 1. The van der Waals surface area contributed by atoms with Crippen molar-refractivity contribution in [1.29, 1.82) is 0 Å². The number of alkyl halides is 1. The summed E-state index contributed by atoms with van der Waals surface area (Å²) >= 11 is 7.23. The van der Waals surface area contributed by atoms with Crippen LogP contribution in [0.1, 0.15) is 32.1 Å². The van der Waals surface area contributed by atoms with Crippen LogP contribution in [0, 0.1) is 0 Å². The highest BCUT2D eigenvalue weighted by atomic mass is 35.5. The maximum atomic E-state index is 12.7. The van der Waals surface area contributed by atoms with E-state index in [9.17, 15) is 8.42 Å². The fourth-order valence-corrected chi connectivity index (χ4v) is 5.42. The molecule has 21 heavy (non-hydrogen) atoms. The van der Waals surface area contributed by atoms with E-state index in [4.69, 9.17) is 11.6 Å². The molecule has 0 aliphatic heterocycles. The second kappa shape index (κ2) is 9.10. The minimum atomic E-state index is -3.42. The maximum absolute atomic E-state index is 12.7. The Morgan fingerprint density at radius 1 is 1.14 bits per heavy atom. The predicted octanol–water partition coefficient (Wildman–Crippen LogP) is 3.23. The normalized spacial score (nSPS) is 12.5. The van der Waals surface area contributed by atoms with Gasteiger partial charge < -0.3 is 4.90 Å². The van der Waals surface area contributed by atoms with Gasteiger partial charge in [-0.25, -0.2) is 8.42 Å². The molecular weight excluding hydrogens is 328 g/mol. The number of halogens is 1. The van der Waals surface area contributed by atoms with Crippen molar-refractivity contribution in [1.82, 2.24) is 9.21 Å². The van der Waals surface area contributed by atoms with E-state index < -0.39 is 10.0 Å². The first-order valence-electron chi connectivity index (χ1n) is 7.36. The van der Waals surface area contributed by atoms with E-state index in [1.165, 1.54) is 11.3 Å². The number of nitrogens with zero attached hydrogens (tertiary/aromatic N) is 2. The Labute approximate surface area is 137 Å². The van der Waals surface area contributed by atoms with Crippen LogP contribution in [0.15, 0.2) is 16.3 Å². The Morgan fingerprint density at radius 3 is 2.33 bits per heavy atom. The molecule has 0 radical (unpaired) electrons. The van der Waals surface area contributed by atoms with Gasteiger partial charge in [0, 0.05) is 18.0 Å². The molecule has 122 valence electrons. The second-order valence-corrected chi connectivity index (χ2v) is 7.89. The van der Waals surface area contributed by atoms with Crippen molar-refractivity contribution in [2.24, 2.45) is 0 Å². The average Bonchev–Trinajstić information content (AvgIpc) is 2.96. The molecule has 0 aliphatic rings. The topological polar surface area (TPSA) is 40.6 Å². The Kier molecular flexibility index (Phi) is 8.19. The molecule has 1 aromatic rings. The monoisotopic (exact) mass is 352 g/mol. The van der Waals surface area contributed by atoms with Crippen LogP contribution in [0.3, 0.4) is 0 Å². The number of rotatable bonds is 10. The van der Waals surface area contributed by atoms with E-state index in [1.807, 2.05) is 6.92 Å².